The Balaban J connectivity index is 2.60. The highest BCUT2D eigenvalue weighted by Crippen LogP contribution is 2.42. The molecule has 3 heteroatoms. The van der Waals surface area contributed by atoms with E-state index in [1.807, 2.05) is 64.1 Å². The second-order valence-corrected chi connectivity index (χ2v) is 6.30. The van der Waals surface area contributed by atoms with Crippen LogP contribution in [0.4, 0.5) is 0 Å². The molecule has 0 saturated carbocycles. The molecule has 21 heavy (non-hydrogen) atoms. The van der Waals surface area contributed by atoms with E-state index in [0.29, 0.717) is 0 Å². The fraction of sp³-hybridized carbons (Fsp3) is 0.333. The fourth-order valence-corrected chi connectivity index (χ4v) is 2.63. The molecule has 0 radical (unpaired) electrons. The van der Waals surface area contributed by atoms with Crippen molar-refractivity contribution >= 4 is 15.9 Å². The van der Waals surface area contributed by atoms with Crippen LogP contribution in [0.3, 0.4) is 0 Å². The molecule has 0 saturated heterocycles. The van der Waals surface area contributed by atoms with E-state index in [0.717, 1.165) is 27.1 Å². The van der Waals surface area contributed by atoms with E-state index in [2.05, 4.69) is 22.0 Å². The van der Waals surface area contributed by atoms with Gasteiger partial charge in [-0.2, -0.15) is 0 Å². The summed E-state index contributed by atoms with van der Waals surface area (Å²) in [6.45, 7) is 8.11. The van der Waals surface area contributed by atoms with E-state index in [-0.39, 0.29) is 12.2 Å². The highest BCUT2D eigenvalue weighted by Gasteiger charge is 2.17. The predicted octanol–water partition coefficient (Wildman–Crippen LogP) is 5.69. The summed E-state index contributed by atoms with van der Waals surface area (Å²) >= 11 is 3.62. The van der Waals surface area contributed by atoms with Gasteiger partial charge in [-0.1, -0.05) is 40.2 Å². The van der Waals surface area contributed by atoms with Crippen LogP contribution in [0.25, 0.3) is 11.1 Å². The van der Waals surface area contributed by atoms with Crippen LogP contribution in [-0.2, 0) is 0 Å². The van der Waals surface area contributed by atoms with Crippen LogP contribution in [0.15, 0.2) is 46.9 Å². The molecule has 0 atom stereocenters. The van der Waals surface area contributed by atoms with Crippen molar-refractivity contribution in [3.63, 3.8) is 0 Å². The third kappa shape index (κ3) is 4.01. The van der Waals surface area contributed by atoms with Gasteiger partial charge < -0.3 is 9.47 Å². The quantitative estimate of drug-likeness (QED) is 0.690. The highest BCUT2D eigenvalue weighted by molar-refractivity contribution is 9.10. The van der Waals surface area contributed by atoms with E-state index >= 15 is 0 Å². The second kappa shape index (κ2) is 6.99. The summed E-state index contributed by atoms with van der Waals surface area (Å²) in [5.74, 6) is 1.69. The normalized spacial score (nSPS) is 11.0. The lowest BCUT2D eigenvalue weighted by molar-refractivity contribution is 0.231. The van der Waals surface area contributed by atoms with Gasteiger partial charge in [0.25, 0.3) is 0 Å². The molecule has 0 N–H and O–H groups in total. The molecule has 2 aromatic rings. The molecule has 0 heterocycles. The van der Waals surface area contributed by atoms with Crippen molar-refractivity contribution in [3.05, 3.63) is 46.9 Å². The maximum absolute atomic E-state index is 5.98. The van der Waals surface area contributed by atoms with E-state index in [1.54, 1.807) is 0 Å². The van der Waals surface area contributed by atoms with Crippen molar-refractivity contribution < 1.29 is 9.47 Å². The predicted molar refractivity (Wildman–Crippen MR) is 91.1 cm³/mol. The molecule has 0 bridgehead atoms. The Labute approximate surface area is 135 Å². The zero-order valence-corrected chi connectivity index (χ0v) is 14.5. The number of halogens is 1. The number of hydrogen-bond acceptors (Lipinski definition) is 2. The Morgan fingerprint density at radius 1 is 0.762 bits per heavy atom. The minimum absolute atomic E-state index is 0.112. The minimum atomic E-state index is 0.112. The van der Waals surface area contributed by atoms with Crippen LogP contribution in [-0.4, -0.2) is 12.2 Å². The average Bonchev–Trinajstić information content (AvgIpc) is 2.39. The van der Waals surface area contributed by atoms with Crippen molar-refractivity contribution in [2.45, 2.75) is 39.9 Å². The van der Waals surface area contributed by atoms with Gasteiger partial charge >= 0.3 is 0 Å². The van der Waals surface area contributed by atoms with E-state index < -0.39 is 0 Å². The van der Waals surface area contributed by atoms with Crippen LogP contribution in [0, 0.1) is 0 Å². The van der Waals surface area contributed by atoms with Crippen molar-refractivity contribution in [3.8, 4) is 22.6 Å². The first-order chi connectivity index (χ1) is 9.99. The Bertz CT molecular complexity index is 578. The number of benzene rings is 2. The molecular weight excluding hydrogens is 328 g/mol. The Hall–Kier alpha value is -1.48. The van der Waals surface area contributed by atoms with Crippen LogP contribution in [0.1, 0.15) is 27.7 Å². The van der Waals surface area contributed by atoms with Crippen LogP contribution in [0.2, 0.25) is 0 Å². The van der Waals surface area contributed by atoms with Gasteiger partial charge in [0.2, 0.25) is 0 Å². The smallest absolute Gasteiger partial charge is 0.131 e. The lowest BCUT2D eigenvalue weighted by Gasteiger charge is -2.20. The summed E-state index contributed by atoms with van der Waals surface area (Å²) in [6.07, 6.45) is 0.223. The van der Waals surface area contributed by atoms with Crippen molar-refractivity contribution in [1.82, 2.24) is 0 Å². The van der Waals surface area contributed by atoms with Crippen molar-refractivity contribution in [2.75, 3.05) is 0 Å². The molecule has 0 aliphatic rings. The number of rotatable bonds is 5. The third-order valence-electron chi connectivity index (χ3n) is 2.86. The SMILES string of the molecule is CC(C)Oc1cccc(OC(C)C)c1-c1ccccc1Br. The molecule has 0 unspecified atom stereocenters. The summed E-state index contributed by atoms with van der Waals surface area (Å²) in [5.41, 5.74) is 2.07. The molecule has 0 aromatic heterocycles. The van der Waals surface area contributed by atoms with Gasteiger partial charge in [0.1, 0.15) is 11.5 Å². The summed E-state index contributed by atoms with van der Waals surface area (Å²) in [4.78, 5) is 0. The number of ether oxygens (including phenoxy) is 2. The first-order valence-electron chi connectivity index (χ1n) is 7.20. The zero-order chi connectivity index (χ0) is 15.4. The lowest BCUT2D eigenvalue weighted by Crippen LogP contribution is -2.10. The lowest BCUT2D eigenvalue weighted by atomic mass is 10.0. The molecule has 112 valence electrons. The first kappa shape index (κ1) is 15.9. The first-order valence-corrected chi connectivity index (χ1v) is 7.99. The molecule has 0 spiro atoms. The minimum Gasteiger partial charge on any atom is -0.490 e. The van der Waals surface area contributed by atoms with Gasteiger partial charge in [-0.3, -0.25) is 0 Å². The second-order valence-electron chi connectivity index (χ2n) is 5.44. The zero-order valence-electron chi connectivity index (χ0n) is 12.9. The number of hydrogen-bond donors (Lipinski definition) is 0. The maximum atomic E-state index is 5.98. The van der Waals surface area contributed by atoms with Gasteiger partial charge in [0, 0.05) is 10.0 Å². The topological polar surface area (TPSA) is 18.5 Å². The summed E-state index contributed by atoms with van der Waals surface area (Å²) < 4.78 is 13.0. The molecule has 2 aromatic carbocycles. The van der Waals surface area contributed by atoms with Crippen LogP contribution in [0.5, 0.6) is 11.5 Å². The van der Waals surface area contributed by atoms with Gasteiger partial charge in [0.05, 0.1) is 17.8 Å². The largest absolute Gasteiger partial charge is 0.490 e. The molecule has 0 fully saturated rings. The van der Waals surface area contributed by atoms with E-state index in [9.17, 15) is 0 Å². The molecule has 0 aliphatic carbocycles. The molecule has 2 rings (SSSR count). The Morgan fingerprint density at radius 2 is 1.29 bits per heavy atom. The maximum Gasteiger partial charge on any atom is 0.131 e. The molecule has 2 nitrogen and oxygen atoms in total. The van der Waals surface area contributed by atoms with Gasteiger partial charge in [0.15, 0.2) is 0 Å². The summed E-state index contributed by atoms with van der Waals surface area (Å²) in [6, 6.07) is 14.1. The van der Waals surface area contributed by atoms with Crippen molar-refractivity contribution in [1.29, 1.82) is 0 Å². The molecule has 0 amide bonds. The molecular formula is C18H21BrO2. The summed E-state index contributed by atoms with van der Waals surface area (Å²) in [5, 5.41) is 0. The van der Waals surface area contributed by atoms with Gasteiger partial charge in [-0.25, -0.2) is 0 Å². The monoisotopic (exact) mass is 348 g/mol. The van der Waals surface area contributed by atoms with E-state index in [4.69, 9.17) is 9.47 Å². The standard InChI is InChI=1S/C18H21BrO2/c1-12(2)20-16-10-7-11-17(21-13(3)4)18(16)14-8-5-6-9-15(14)19/h5-13H,1-4H3. The van der Waals surface area contributed by atoms with Crippen LogP contribution < -0.4 is 9.47 Å². The van der Waals surface area contributed by atoms with Crippen LogP contribution >= 0.6 is 15.9 Å². The Kier molecular flexibility index (Phi) is 5.29. The third-order valence-corrected chi connectivity index (χ3v) is 3.55. The van der Waals surface area contributed by atoms with Crippen molar-refractivity contribution in [2.24, 2.45) is 0 Å². The van der Waals surface area contributed by atoms with E-state index in [1.165, 1.54) is 0 Å². The average molecular weight is 349 g/mol. The molecule has 0 aliphatic heterocycles. The highest BCUT2D eigenvalue weighted by atomic mass is 79.9. The summed E-state index contributed by atoms with van der Waals surface area (Å²) in [7, 11) is 0. The fourth-order valence-electron chi connectivity index (χ4n) is 2.14. The van der Waals surface area contributed by atoms with Gasteiger partial charge in [-0.05, 0) is 45.9 Å². The van der Waals surface area contributed by atoms with Gasteiger partial charge in [-0.15, -0.1) is 0 Å². The Morgan fingerprint density at radius 3 is 1.76 bits per heavy atom.